The van der Waals surface area contributed by atoms with Gasteiger partial charge in [0.15, 0.2) is 0 Å². The molecule has 1 aromatic heterocycles. The SMILES string of the molecule is O=C(NCc1cscn1)N[C@H](Cc1ccccc1)C(F)(F)F. The molecular formula is C14H14F3N3OS. The van der Waals surface area contributed by atoms with Crippen molar-refractivity contribution in [3.8, 4) is 0 Å². The molecule has 0 spiro atoms. The third-order valence-corrected chi connectivity index (χ3v) is 3.53. The molecule has 1 atom stereocenters. The summed E-state index contributed by atoms with van der Waals surface area (Å²) < 4.78 is 39.1. The van der Waals surface area contributed by atoms with Gasteiger partial charge in [-0.3, -0.25) is 0 Å². The van der Waals surface area contributed by atoms with Gasteiger partial charge in [-0.15, -0.1) is 11.3 Å². The number of amides is 2. The Kier molecular flexibility index (Phi) is 5.37. The fourth-order valence-corrected chi connectivity index (χ4v) is 2.36. The van der Waals surface area contributed by atoms with E-state index in [1.807, 2.05) is 5.32 Å². The van der Waals surface area contributed by atoms with E-state index in [0.29, 0.717) is 11.3 Å². The van der Waals surface area contributed by atoms with E-state index < -0.39 is 18.2 Å². The summed E-state index contributed by atoms with van der Waals surface area (Å²) in [6.45, 7) is 0.0885. The van der Waals surface area contributed by atoms with Crippen LogP contribution in [0.2, 0.25) is 0 Å². The zero-order valence-electron chi connectivity index (χ0n) is 11.4. The van der Waals surface area contributed by atoms with Crippen molar-refractivity contribution in [2.24, 2.45) is 0 Å². The minimum absolute atomic E-state index is 0.0885. The van der Waals surface area contributed by atoms with Gasteiger partial charge in [-0.2, -0.15) is 13.2 Å². The largest absolute Gasteiger partial charge is 0.408 e. The second-order valence-electron chi connectivity index (χ2n) is 4.59. The van der Waals surface area contributed by atoms with Crippen LogP contribution in [0.5, 0.6) is 0 Å². The molecule has 4 nitrogen and oxygen atoms in total. The van der Waals surface area contributed by atoms with Crippen LogP contribution in [0, 0.1) is 0 Å². The van der Waals surface area contributed by atoms with E-state index in [-0.39, 0.29) is 13.0 Å². The standard InChI is InChI=1S/C14H14F3N3OS/c15-14(16,17)12(6-10-4-2-1-3-5-10)20-13(21)18-7-11-8-22-9-19-11/h1-5,8-9,12H,6-7H2,(H2,18,20,21)/t12-/m1/s1. The van der Waals surface area contributed by atoms with Gasteiger partial charge in [0.25, 0.3) is 0 Å². The molecule has 0 saturated carbocycles. The first-order valence-corrected chi connectivity index (χ1v) is 7.41. The van der Waals surface area contributed by atoms with E-state index in [0.717, 1.165) is 0 Å². The highest BCUT2D eigenvalue weighted by Crippen LogP contribution is 2.23. The van der Waals surface area contributed by atoms with Gasteiger partial charge in [0.05, 0.1) is 17.7 Å². The number of nitrogens with zero attached hydrogens (tertiary/aromatic N) is 1. The monoisotopic (exact) mass is 329 g/mol. The lowest BCUT2D eigenvalue weighted by Gasteiger charge is -2.22. The molecule has 0 saturated heterocycles. The maximum absolute atomic E-state index is 13.0. The van der Waals surface area contributed by atoms with Crippen molar-refractivity contribution in [1.29, 1.82) is 0 Å². The molecule has 0 aliphatic rings. The Morgan fingerprint density at radius 1 is 1.27 bits per heavy atom. The summed E-state index contributed by atoms with van der Waals surface area (Å²) in [5.41, 5.74) is 2.69. The van der Waals surface area contributed by atoms with Crippen molar-refractivity contribution in [3.63, 3.8) is 0 Å². The molecule has 2 aromatic rings. The van der Waals surface area contributed by atoms with Crippen molar-refractivity contribution in [2.75, 3.05) is 0 Å². The summed E-state index contributed by atoms with van der Waals surface area (Å²) in [6.07, 6.45) is -4.83. The van der Waals surface area contributed by atoms with E-state index in [2.05, 4.69) is 10.3 Å². The van der Waals surface area contributed by atoms with Crippen molar-refractivity contribution >= 4 is 17.4 Å². The Labute approximate surface area is 129 Å². The predicted octanol–water partition coefficient (Wildman–Crippen LogP) is 3.12. The number of alkyl halides is 3. The van der Waals surface area contributed by atoms with Crippen molar-refractivity contribution < 1.29 is 18.0 Å². The van der Waals surface area contributed by atoms with E-state index >= 15 is 0 Å². The topological polar surface area (TPSA) is 54.0 Å². The number of hydrogen-bond acceptors (Lipinski definition) is 3. The van der Waals surface area contributed by atoms with Crippen LogP contribution in [0.25, 0.3) is 0 Å². The third-order valence-electron chi connectivity index (χ3n) is 2.90. The number of nitrogens with one attached hydrogen (secondary N) is 2. The van der Waals surface area contributed by atoms with Gasteiger partial charge < -0.3 is 10.6 Å². The molecule has 2 rings (SSSR count). The zero-order chi connectivity index (χ0) is 16.0. The number of urea groups is 1. The molecule has 2 amide bonds. The quantitative estimate of drug-likeness (QED) is 0.885. The molecule has 22 heavy (non-hydrogen) atoms. The van der Waals surface area contributed by atoms with E-state index in [9.17, 15) is 18.0 Å². The highest BCUT2D eigenvalue weighted by molar-refractivity contribution is 7.07. The Morgan fingerprint density at radius 2 is 2.00 bits per heavy atom. The minimum atomic E-state index is -4.52. The van der Waals surface area contributed by atoms with Crippen molar-refractivity contribution in [1.82, 2.24) is 15.6 Å². The first kappa shape index (κ1) is 16.3. The summed E-state index contributed by atoms with van der Waals surface area (Å²) in [6, 6.07) is 5.41. The number of hydrogen-bond donors (Lipinski definition) is 2. The van der Waals surface area contributed by atoms with Crippen LogP contribution in [0.4, 0.5) is 18.0 Å². The smallest absolute Gasteiger partial charge is 0.332 e. The van der Waals surface area contributed by atoms with Gasteiger partial charge in [-0.25, -0.2) is 9.78 Å². The van der Waals surface area contributed by atoms with Gasteiger partial charge >= 0.3 is 12.2 Å². The lowest BCUT2D eigenvalue weighted by Crippen LogP contribution is -2.50. The van der Waals surface area contributed by atoms with Crippen LogP contribution in [0.3, 0.4) is 0 Å². The van der Waals surface area contributed by atoms with Crippen LogP contribution in [-0.2, 0) is 13.0 Å². The average Bonchev–Trinajstić information content (AvgIpc) is 2.98. The maximum atomic E-state index is 13.0. The molecule has 0 fully saturated rings. The highest BCUT2D eigenvalue weighted by Gasteiger charge is 2.40. The second kappa shape index (κ2) is 7.26. The number of thiazole rings is 1. The normalized spacial score (nSPS) is 12.7. The molecular weight excluding hydrogens is 315 g/mol. The number of carbonyl (C=O) groups excluding carboxylic acids is 1. The first-order valence-electron chi connectivity index (χ1n) is 6.47. The molecule has 0 aliphatic heterocycles. The lowest BCUT2D eigenvalue weighted by molar-refractivity contribution is -0.152. The van der Waals surface area contributed by atoms with Crippen LogP contribution < -0.4 is 10.6 Å². The molecule has 0 unspecified atom stereocenters. The van der Waals surface area contributed by atoms with E-state index in [1.54, 1.807) is 41.2 Å². The Balaban J connectivity index is 1.93. The van der Waals surface area contributed by atoms with Crippen LogP contribution in [-0.4, -0.2) is 23.2 Å². The Hall–Kier alpha value is -2.09. The summed E-state index contributed by atoms with van der Waals surface area (Å²) in [4.78, 5) is 15.6. The number of benzene rings is 1. The lowest BCUT2D eigenvalue weighted by atomic mass is 10.1. The van der Waals surface area contributed by atoms with Gasteiger partial charge in [-0.05, 0) is 5.56 Å². The minimum Gasteiger partial charge on any atom is -0.332 e. The first-order chi connectivity index (χ1) is 10.4. The molecule has 8 heteroatoms. The summed E-state index contributed by atoms with van der Waals surface area (Å²) in [7, 11) is 0. The van der Waals surface area contributed by atoms with Crippen molar-refractivity contribution in [3.05, 3.63) is 52.5 Å². The Bertz CT molecular complexity index is 587. The second-order valence-corrected chi connectivity index (χ2v) is 5.31. The van der Waals surface area contributed by atoms with Gasteiger partial charge in [0, 0.05) is 11.8 Å². The molecule has 2 N–H and O–H groups in total. The molecule has 118 valence electrons. The zero-order valence-corrected chi connectivity index (χ0v) is 12.2. The van der Waals surface area contributed by atoms with Crippen molar-refractivity contribution in [2.45, 2.75) is 25.2 Å². The molecule has 1 heterocycles. The number of aromatic nitrogens is 1. The summed E-state index contributed by atoms with van der Waals surface area (Å²) in [5, 5.41) is 6.05. The molecule has 1 aromatic carbocycles. The van der Waals surface area contributed by atoms with E-state index in [1.165, 1.54) is 11.3 Å². The molecule has 0 bridgehead atoms. The fourth-order valence-electron chi connectivity index (χ4n) is 1.80. The maximum Gasteiger partial charge on any atom is 0.408 e. The van der Waals surface area contributed by atoms with Gasteiger partial charge in [0.1, 0.15) is 6.04 Å². The Morgan fingerprint density at radius 3 is 2.59 bits per heavy atom. The molecule has 0 radical (unpaired) electrons. The van der Waals surface area contributed by atoms with Gasteiger partial charge in [0.2, 0.25) is 0 Å². The number of halogens is 3. The number of rotatable bonds is 5. The number of carbonyl (C=O) groups is 1. The van der Waals surface area contributed by atoms with Crippen LogP contribution in [0.15, 0.2) is 41.2 Å². The van der Waals surface area contributed by atoms with Gasteiger partial charge in [-0.1, -0.05) is 30.3 Å². The highest BCUT2D eigenvalue weighted by atomic mass is 32.1. The third kappa shape index (κ3) is 5.03. The summed E-state index contributed by atoms with van der Waals surface area (Å²) in [5.74, 6) is 0. The van der Waals surface area contributed by atoms with Crippen LogP contribution in [0.1, 0.15) is 11.3 Å². The average molecular weight is 329 g/mol. The summed E-state index contributed by atoms with van der Waals surface area (Å²) >= 11 is 1.35. The van der Waals surface area contributed by atoms with E-state index in [4.69, 9.17) is 0 Å². The molecule has 0 aliphatic carbocycles. The fraction of sp³-hybridized carbons (Fsp3) is 0.286. The predicted molar refractivity (Wildman–Crippen MR) is 77.5 cm³/mol. The van der Waals surface area contributed by atoms with Crippen LogP contribution >= 0.6 is 11.3 Å².